The Labute approximate surface area is 174 Å². The number of cyclic esters (lactones) is 1. The number of nitrogens with one attached hydrogen (secondary N) is 2. The number of phenols is 1. The second-order valence-electron chi connectivity index (χ2n) is 6.89. The summed E-state index contributed by atoms with van der Waals surface area (Å²) in [5.41, 5.74) is 0.600. The summed E-state index contributed by atoms with van der Waals surface area (Å²) in [6.45, 7) is 1.58. The Morgan fingerprint density at radius 3 is 2.57 bits per heavy atom. The molecule has 0 unspecified atom stereocenters. The van der Waals surface area contributed by atoms with Gasteiger partial charge in [0.05, 0.1) is 12.6 Å². The van der Waals surface area contributed by atoms with Gasteiger partial charge in [-0.05, 0) is 31.1 Å². The van der Waals surface area contributed by atoms with Crippen molar-refractivity contribution in [2.24, 2.45) is 0 Å². The fourth-order valence-electron chi connectivity index (χ4n) is 2.79. The van der Waals surface area contributed by atoms with Gasteiger partial charge in [-0.15, -0.1) is 0 Å². The molecule has 0 saturated heterocycles. The summed E-state index contributed by atoms with van der Waals surface area (Å²) < 4.78 is 5.35. The Morgan fingerprint density at radius 1 is 1.17 bits per heavy atom. The first-order valence-electron chi connectivity index (χ1n) is 9.48. The van der Waals surface area contributed by atoms with E-state index < -0.39 is 30.1 Å². The van der Waals surface area contributed by atoms with Gasteiger partial charge in [-0.3, -0.25) is 9.59 Å². The van der Waals surface area contributed by atoms with Crippen LogP contribution >= 0.6 is 0 Å². The number of hydrogen-bond donors (Lipinski definition) is 5. The highest BCUT2D eigenvalue weighted by Gasteiger charge is 2.23. The van der Waals surface area contributed by atoms with Gasteiger partial charge in [0.1, 0.15) is 23.5 Å². The molecule has 1 amide bonds. The largest absolute Gasteiger partial charge is 0.507 e. The number of amides is 1. The van der Waals surface area contributed by atoms with Gasteiger partial charge < -0.3 is 30.7 Å². The van der Waals surface area contributed by atoms with Crippen LogP contribution < -0.4 is 10.6 Å². The number of anilines is 1. The molecule has 0 saturated carbocycles. The van der Waals surface area contributed by atoms with Crippen molar-refractivity contribution >= 4 is 29.4 Å². The van der Waals surface area contributed by atoms with Crippen LogP contribution in [0.15, 0.2) is 30.4 Å². The lowest BCUT2D eigenvalue weighted by Crippen LogP contribution is -2.32. The summed E-state index contributed by atoms with van der Waals surface area (Å²) in [6.07, 6.45) is 2.14. The Bertz CT molecular complexity index is 863. The van der Waals surface area contributed by atoms with Crippen LogP contribution in [0.3, 0.4) is 0 Å². The minimum absolute atomic E-state index is 0.0424. The molecule has 0 radical (unpaired) electrons. The maximum absolute atomic E-state index is 12.6. The molecule has 2 rings (SSSR count). The maximum Gasteiger partial charge on any atom is 0.342 e. The zero-order valence-corrected chi connectivity index (χ0v) is 16.8. The SMILES string of the molecule is CNC(=O)CNc1cc(O)c2c(c1)/C=C/C[C@H](O)[C@H](O)C(=O)/C=C\C[C@H](C)OC2=O. The topological polar surface area (TPSA) is 145 Å². The Hall–Kier alpha value is -3.17. The number of ether oxygens (including phenoxy) is 1. The molecule has 0 bridgehead atoms. The van der Waals surface area contributed by atoms with Gasteiger partial charge in [-0.2, -0.15) is 0 Å². The van der Waals surface area contributed by atoms with Gasteiger partial charge in [-0.25, -0.2) is 4.79 Å². The lowest BCUT2D eigenvalue weighted by atomic mass is 10.0. The number of carbonyl (C=O) groups excluding carboxylic acids is 3. The summed E-state index contributed by atoms with van der Waals surface area (Å²) in [7, 11) is 1.49. The summed E-state index contributed by atoms with van der Waals surface area (Å²) >= 11 is 0. The number of rotatable bonds is 3. The minimum atomic E-state index is -1.58. The van der Waals surface area contributed by atoms with Crippen molar-refractivity contribution in [3.63, 3.8) is 0 Å². The zero-order valence-electron chi connectivity index (χ0n) is 16.8. The number of phenolic OH excluding ortho intramolecular Hbond substituents is 1. The van der Waals surface area contributed by atoms with E-state index in [1.807, 2.05) is 0 Å². The van der Waals surface area contributed by atoms with E-state index in [0.717, 1.165) is 6.08 Å². The van der Waals surface area contributed by atoms with Crippen LogP contribution in [0.25, 0.3) is 6.08 Å². The average molecular weight is 418 g/mol. The first-order valence-corrected chi connectivity index (χ1v) is 9.48. The standard InChI is InChI=1S/C21H26N2O7/c1-12-5-3-7-15(24)20(28)16(25)8-4-6-13-9-14(23-11-18(27)22-2)10-17(26)19(13)21(29)30-12/h3-4,6-7,9-10,12,16,20,23,25-26,28H,5,8,11H2,1-2H3,(H,22,27)/b6-4+,7-3-/t12-,16-,20+/m0/s1. The van der Waals surface area contributed by atoms with Crippen LogP contribution in [0.5, 0.6) is 5.75 Å². The Kier molecular flexibility index (Phi) is 8.14. The van der Waals surface area contributed by atoms with Gasteiger partial charge in [0.15, 0.2) is 5.78 Å². The van der Waals surface area contributed by atoms with Crippen molar-refractivity contribution in [2.75, 3.05) is 18.9 Å². The molecular formula is C21H26N2O7. The molecule has 1 aromatic rings. The molecule has 5 N–H and O–H groups in total. The highest BCUT2D eigenvalue weighted by Crippen LogP contribution is 2.29. The number of aliphatic hydroxyl groups is 2. The van der Waals surface area contributed by atoms with Gasteiger partial charge in [0.25, 0.3) is 0 Å². The summed E-state index contributed by atoms with van der Waals surface area (Å²) in [6, 6.07) is 2.85. The van der Waals surface area contributed by atoms with Crippen LogP contribution in [0.4, 0.5) is 5.69 Å². The number of esters is 1. The number of aromatic hydroxyl groups is 1. The highest BCUT2D eigenvalue weighted by atomic mass is 16.5. The fraction of sp³-hybridized carbons (Fsp3) is 0.381. The average Bonchev–Trinajstić information content (AvgIpc) is 2.70. The monoisotopic (exact) mass is 418 g/mol. The Balaban J connectivity index is 2.41. The number of aliphatic hydroxyl groups excluding tert-OH is 2. The van der Waals surface area contributed by atoms with Crippen LogP contribution in [-0.2, 0) is 14.3 Å². The first kappa shape index (κ1) is 23.1. The van der Waals surface area contributed by atoms with Gasteiger partial charge in [0, 0.05) is 25.2 Å². The van der Waals surface area contributed by atoms with Crippen molar-refractivity contribution in [1.29, 1.82) is 0 Å². The molecule has 0 aromatic heterocycles. The zero-order chi connectivity index (χ0) is 22.3. The van der Waals surface area contributed by atoms with Gasteiger partial charge in [0.2, 0.25) is 5.91 Å². The van der Waals surface area contributed by atoms with Crippen molar-refractivity contribution in [3.8, 4) is 5.75 Å². The van der Waals surface area contributed by atoms with E-state index in [9.17, 15) is 29.7 Å². The molecule has 9 nitrogen and oxygen atoms in total. The molecule has 1 aliphatic rings. The van der Waals surface area contributed by atoms with Crippen LogP contribution in [0, 0.1) is 0 Å². The third kappa shape index (κ3) is 6.16. The Morgan fingerprint density at radius 2 is 1.87 bits per heavy atom. The summed E-state index contributed by atoms with van der Waals surface area (Å²) in [4.78, 5) is 36.0. The predicted molar refractivity (Wildman–Crippen MR) is 110 cm³/mol. The number of likely N-dealkylation sites (N-methyl/N-ethyl adjacent to an activating group) is 1. The molecule has 9 heteroatoms. The maximum atomic E-state index is 12.6. The van der Waals surface area contributed by atoms with Crippen LogP contribution in [0.1, 0.15) is 35.7 Å². The molecule has 30 heavy (non-hydrogen) atoms. The quantitative estimate of drug-likeness (QED) is 0.452. The molecular weight excluding hydrogens is 392 g/mol. The molecule has 3 atom stereocenters. The fourth-order valence-corrected chi connectivity index (χ4v) is 2.79. The van der Waals surface area contributed by atoms with E-state index in [1.165, 1.54) is 31.3 Å². The predicted octanol–water partition coefficient (Wildman–Crippen LogP) is 0.749. The van der Waals surface area contributed by atoms with E-state index in [4.69, 9.17) is 4.74 Å². The summed E-state index contributed by atoms with van der Waals surface area (Å²) in [5.74, 6) is -2.01. The van der Waals surface area contributed by atoms with Crippen LogP contribution in [0.2, 0.25) is 0 Å². The number of carbonyl (C=O) groups is 3. The van der Waals surface area contributed by atoms with E-state index in [0.29, 0.717) is 5.69 Å². The van der Waals surface area contributed by atoms with Gasteiger partial charge >= 0.3 is 5.97 Å². The van der Waals surface area contributed by atoms with Crippen molar-refractivity contribution < 1.29 is 34.4 Å². The molecule has 162 valence electrons. The van der Waals surface area contributed by atoms with E-state index in [2.05, 4.69) is 10.6 Å². The van der Waals surface area contributed by atoms with Crippen molar-refractivity contribution in [2.45, 2.75) is 38.1 Å². The van der Waals surface area contributed by atoms with Gasteiger partial charge in [-0.1, -0.05) is 18.2 Å². The lowest BCUT2D eigenvalue weighted by molar-refractivity contribution is -0.127. The number of ketones is 1. The van der Waals surface area contributed by atoms with Crippen molar-refractivity contribution in [3.05, 3.63) is 41.5 Å². The van der Waals surface area contributed by atoms with E-state index in [1.54, 1.807) is 13.0 Å². The molecule has 1 aliphatic heterocycles. The molecule has 1 heterocycles. The normalized spacial score (nSPS) is 24.7. The van der Waals surface area contributed by atoms with E-state index in [-0.39, 0.29) is 42.2 Å². The van der Waals surface area contributed by atoms with Crippen molar-refractivity contribution in [1.82, 2.24) is 5.32 Å². The smallest absolute Gasteiger partial charge is 0.342 e. The number of benzene rings is 1. The highest BCUT2D eigenvalue weighted by molar-refractivity contribution is 5.98. The molecule has 1 aromatic carbocycles. The van der Waals surface area contributed by atoms with Crippen LogP contribution in [-0.4, -0.2) is 64.9 Å². The minimum Gasteiger partial charge on any atom is -0.507 e. The molecule has 0 spiro atoms. The third-order valence-electron chi connectivity index (χ3n) is 4.47. The second-order valence-corrected chi connectivity index (χ2v) is 6.89. The lowest BCUT2D eigenvalue weighted by Gasteiger charge is -2.17. The summed E-state index contributed by atoms with van der Waals surface area (Å²) in [5, 5.41) is 35.7. The first-order chi connectivity index (χ1) is 14.2. The molecule has 0 fully saturated rings. The van der Waals surface area contributed by atoms with E-state index >= 15 is 0 Å². The second kappa shape index (κ2) is 10.6. The number of hydrogen-bond acceptors (Lipinski definition) is 8. The molecule has 0 aliphatic carbocycles. The third-order valence-corrected chi connectivity index (χ3v) is 4.47. The number of fused-ring (bicyclic) bond motifs is 1.